The summed E-state index contributed by atoms with van der Waals surface area (Å²) in [4.78, 5) is 25.1. The van der Waals surface area contributed by atoms with Gasteiger partial charge in [0.25, 0.3) is 0 Å². The molecule has 11 heteroatoms. The Morgan fingerprint density at radius 3 is 2.38 bits per heavy atom. The number of methoxy groups -OCH3 is 2. The number of amides is 2. The number of nitrogen functional groups attached to an aromatic ring is 1. The number of hydrogen-bond acceptors (Lipinski definition) is 7. The van der Waals surface area contributed by atoms with E-state index in [1.54, 1.807) is 43.4 Å². The molecule has 1 aliphatic heterocycles. The van der Waals surface area contributed by atoms with Crippen molar-refractivity contribution in [3.63, 3.8) is 0 Å². The molecule has 3 N–H and O–H groups in total. The standard InChI is InChI=1S/C21H23FN6O3.ClH/c1-30-17-11-13-16(12-18(17)31-2)24-20(26-19(13)23)27-7-9-28(10-8-27)21(29)25-15-6-4-3-5-14(15)22;/h3-6,11-12H,7-10H2,1-2H3,(H,25,29)(H2,23,24,26);1H. The van der Waals surface area contributed by atoms with Crippen LogP contribution in [0.3, 0.4) is 0 Å². The first kappa shape index (κ1) is 23.1. The average Bonchev–Trinajstić information content (AvgIpc) is 2.79. The molecule has 1 saturated heterocycles. The van der Waals surface area contributed by atoms with Gasteiger partial charge in [0.05, 0.1) is 25.4 Å². The molecule has 1 aliphatic rings. The van der Waals surface area contributed by atoms with Gasteiger partial charge in [-0.25, -0.2) is 14.2 Å². The molecule has 0 unspecified atom stereocenters. The van der Waals surface area contributed by atoms with Gasteiger partial charge in [-0.1, -0.05) is 12.1 Å². The van der Waals surface area contributed by atoms with Gasteiger partial charge < -0.3 is 30.3 Å². The van der Waals surface area contributed by atoms with Crippen molar-refractivity contribution in [2.45, 2.75) is 0 Å². The molecule has 1 fully saturated rings. The molecule has 0 aliphatic carbocycles. The van der Waals surface area contributed by atoms with E-state index in [1.807, 2.05) is 4.90 Å². The summed E-state index contributed by atoms with van der Waals surface area (Å²) < 4.78 is 24.4. The van der Waals surface area contributed by atoms with E-state index in [4.69, 9.17) is 15.2 Å². The average molecular weight is 463 g/mol. The van der Waals surface area contributed by atoms with Gasteiger partial charge in [-0.05, 0) is 18.2 Å². The van der Waals surface area contributed by atoms with Crippen molar-refractivity contribution in [2.75, 3.05) is 56.3 Å². The molecule has 2 heterocycles. The van der Waals surface area contributed by atoms with E-state index >= 15 is 0 Å². The number of piperazine rings is 1. The highest BCUT2D eigenvalue weighted by molar-refractivity contribution is 5.92. The quantitative estimate of drug-likeness (QED) is 0.613. The number of hydrogen-bond donors (Lipinski definition) is 2. The van der Waals surface area contributed by atoms with E-state index in [9.17, 15) is 9.18 Å². The molecule has 0 atom stereocenters. The fourth-order valence-corrected chi connectivity index (χ4v) is 3.47. The zero-order valence-corrected chi connectivity index (χ0v) is 18.5. The molecule has 4 rings (SSSR count). The lowest BCUT2D eigenvalue weighted by Gasteiger charge is -2.34. The van der Waals surface area contributed by atoms with Crippen LogP contribution in [0, 0.1) is 5.82 Å². The van der Waals surface area contributed by atoms with Gasteiger partial charge in [-0.3, -0.25) is 0 Å². The maximum atomic E-state index is 13.8. The second-order valence-corrected chi connectivity index (χ2v) is 7.02. The van der Waals surface area contributed by atoms with Crippen LogP contribution in [-0.4, -0.2) is 61.3 Å². The first-order valence-electron chi connectivity index (χ1n) is 9.75. The minimum atomic E-state index is -0.471. The van der Waals surface area contributed by atoms with Crippen LogP contribution in [0.25, 0.3) is 10.9 Å². The number of ether oxygens (including phenoxy) is 2. The zero-order valence-electron chi connectivity index (χ0n) is 17.7. The molecule has 9 nitrogen and oxygen atoms in total. The summed E-state index contributed by atoms with van der Waals surface area (Å²) in [5, 5.41) is 3.28. The maximum absolute atomic E-state index is 13.8. The largest absolute Gasteiger partial charge is 0.493 e. The summed E-state index contributed by atoms with van der Waals surface area (Å²) in [6, 6.07) is 9.23. The summed E-state index contributed by atoms with van der Waals surface area (Å²) in [6.07, 6.45) is 0. The summed E-state index contributed by atoms with van der Waals surface area (Å²) in [7, 11) is 3.11. The lowest BCUT2D eigenvalue weighted by atomic mass is 10.2. The Bertz CT molecular complexity index is 1120. The Hall–Kier alpha value is -3.53. The minimum Gasteiger partial charge on any atom is -0.493 e. The number of rotatable bonds is 4. The summed E-state index contributed by atoms with van der Waals surface area (Å²) in [5.74, 6) is 1.44. The van der Waals surface area contributed by atoms with E-state index in [2.05, 4.69) is 15.3 Å². The van der Waals surface area contributed by atoms with Crippen molar-refractivity contribution in [1.29, 1.82) is 0 Å². The lowest BCUT2D eigenvalue weighted by Crippen LogP contribution is -2.50. The number of carbonyl (C=O) groups excluding carboxylic acids is 1. The number of benzene rings is 2. The van der Waals surface area contributed by atoms with Crippen molar-refractivity contribution < 1.29 is 18.7 Å². The van der Waals surface area contributed by atoms with Crippen molar-refractivity contribution in [1.82, 2.24) is 14.9 Å². The first-order valence-corrected chi connectivity index (χ1v) is 9.75. The number of halogens is 2. The van der Waals surface area contributed by atoms with Crippen LogP contribution in [0.15, 0.2) is 36.4 Å². The van der Waals surface area contributed by atoms with Crippen LogP contribution in [0.4, 0.5) is 26.6 Å². The van der Waals surface area contributed by atoms with Gasteiger partial charge >= 0.3 is 6.03 Å². The predicted molar refractivity (Wildman–Crippen MR) is 124 cm³/mol. The number of anilines is 3. The third kappa shape index (κ3) is 4.54. The third-order valence-corrected chi connectivity index (χ3v) is 5.18. The highest BCUT2D eigenvalue weighted by Gasteiger charge is 2.24. The van der Waals surface area contributed by atoms with Gasteiger partial charge in [0, 0.05) is 37.6 Å². The van der Waals surface area contributed by atoms with Gasteiger partial charge in [0.2, 0.25) is 5.95 Å². The molecule has 3 aromatic rings. The second kappa shape index (κ2) is 9.73. The SMILES string of the molecule is COc1cc2nc(N3CCN(C(=O)Nc4ccccc4F)CC3)nc(N)c2cc1OC.Cl. The zero-order chi connectivity index (χ0) is 22.0. The summed E-state index contributed by atoms with van der Waals surface area (Å²) in [6.45, 7) is 1.91. The highest BCUT2D eigenvalue weighted by atomic mass is 35.5. The molecule has 2 aromatic carbocycles. The van der Waals surface area contributed by atoms with Gasteiger partial charge in [0.1, 0.15) is 11.6 Å². The van der Waals surface area contributed by atoms with Crippen molar-refractivity contribution in [2.24, 2.45) is 0 Å². The van der Waals surface area contributed by atoms with Gasteiger partial charge in [-0.15, -0.1) is 12.4 Å². The number of carbonyl (C=O) groups is 1. The first-order chi connectivity index (χ1) is 15.0. The highest BCUT2D eigenvalue weighted by Crippen LogP contribution is 2.34. The van der Waals surface area contributed by atoms with Gasteiger partial charge in [-0.2, -0.15) is 4.98 Å². The molecule has 0 spiro atoms. The number of nitrogens with zero attached hydrogens (tertiary/aromatic N) is 4. The summed E-state index contributed by atoms with van der Waals surface area (Å²) >= 11 is 0. The van der Waals surface area contributed by atoms with E-state index < -0.39 is 5.82 Å². The normalized spacial score (nSPS) is 13.5. The smallest absolute Gasteiger partial charge is 0.322 e. The summed E-state index contributed by atoms with van der Waals surface area (Å²) in [5.41, 5.74) is 6.97. The van der Waals surface area contributed by atoms with E-state index in [0.29, 0.717) is 60.3 Å². The lowest BCUT2D eigenvalue weighted by molar-refractivity contribution is 0.208. The maximum Gasteiger partial charge on any atom is 0.322 e. The predicted octanol–water partition coefficient (Wildman–Crippen LogP) is 3.14. The van der Waals surface area contributed by atoms with Crippen LogP contribution in [-0.2, 0) is 0 Å². The van der Waals surface area contributed by atoms with Crippen molar-refractivity contribution in [3.8, 4) is 11.5 Å². The Balaban J connectivity index is 0.00000289. The number of aromatic nitrogens is 2. The number of para-hydroxylation sites is 1. The molecule has 32 heavy (non-hydrogen) atoms. The minimum absolute atomic E-state index is 0. The van der Waals surface area contributed by atoms with Crippen LogP contribution >= 0.6 is 12.4 Å². The second-order valence-electron chi connectivity index (χ2n) is 7.02. The topological polar surface area (TPSA) is 106 Å². The van der Waals surface area contributed by atoms with Crippen LogP contribution in [0.5, 0.6) is 11.5 Å². The van der Waals surface area contributed by atoms with Crippen molar-refractivity contribution in [3.05, 3.63) is 42.2 Å². The Labute approximate surface area is 190 Å². The van der Waals surface area contributed by atoms with E-state index in [-0.39, 0.29) is 24.1 Å². The fraction of sp³-hybridized carbons (Fsp3) is 0.286. The van der Waals surface area contributed by atoms with Crippen LogP contribution < -0.4 is 25.4 Å². The number of fused-ring (bicyclic) bond motifs is 1. The number of nitrogens with one attached hydrogen (secondary N) is 1. The molecule has 0 bridgehead atoms. The van der Waals surface area contributed by atoms with Gasteiger partial charge in [0.15, 0.2) is 11.5 Å². The third-order valence-electron chi connectivity index (χ3n) is 5.18. The number of nitrogens with two attached hydrogens (primary N) is 1. The Kier molecular flexibility index (Phi) is 7.04. The molecule has 0 radical (unpaired) electrons. The fourth-order valence-electron chi connectivity index (χ4n) is 3.47. The molecule has 0 saturated carbocycles. The number of urea groups is 1. The molecule has 1 aromatic heterocycles. The monoisotopic (exact) mass is 462 g/mol. The van der Waals surface area contributed by atoms with E-state index in [1.165, 1.54) is 12.1 Å². The Morgan fingerprint density at radius 2 is 1.72 bits per heavy atom. The molecule has 2 amide bonds. The molecular weight excluding hydrogens is 439 g/mol. The van der Waals surface area contributed by atoms with Crippen LogP contribution in [0.1, 0.15) is 0 Å². The molecular formula is C21H24ClFN6O3. The van der Waals surface area contributed by atoms with E-state index in [0.717, 1.165) is 0 Å². The van der Waals surface area contributed by atoms with Crippen molar-refractivity contribution >= 4 is 46.8 Å². The van der Waals surface area contributed by atoms with Crippen LogP contribution in [0.2, 0.25) is 0 Å². The Morgan fingerprint density at radius 1 is 1.06 bits per heavy atom. The molecule has 170 valence electrons.